The molecule has 42 heavy (non-hydrogen) atoms. The maximum atomic E-state index is 12.9. The average molecular weight is 577 g/mol. The molecule has 0 unspecified atom stereocenters. The van der Waals surface area contributed by atoms with Gasteiger partial charge in [0.1, 0.15) is 6.10 Å². The lowest BCUT2D eigenvalue weighted by Gasteiger charge is -2.45. The Labute approximate surface area is 248 Å². The second-order valence-electron chi connectivity index (χ2n) is 13.8. The number of carbonyl (C=O) groups excluding carboxylic acids is 1. The van der Waals surface area contributed by atoms with Gasteiger partial charge in [-0.2, -0.15) is 0 Å². The van der Waals surface area contributed by atoms with E-state index in [2.05, 4.69) is 46.8 Å². The number of hydrogen-bond acceptors (Lipinski definition) is 6. The van der Waals surface area contributed by atoms with Crippen molar-refractivity contribution in [3.8, 4) is 0 Å². The number of hydrogen-bond donors (Lipinski definition) is 0. The van der Waals surface area contributed by atoms with Crippen molar-refractivity contribution < 1.29 is 19.4 Å². The Morgan fingerprint density at radius 3 is 2.29 bits per heavy atom. The van der Waals surface area contributed by atoms with Crippen molar-refractivity contribution in [3.63, 3.8) is 0 Å². The third kappa shape index (κ3) is 5.69. The molecule has 0 spiro atoms. The van der Waals surface area contributed by atoms with E-state index in [1.54, 1.807) is 0 Å². The van der Waals surface area contributed by atoms with Gasteiger partial charge in [0, 0.05) is 18.6 Å². The highest BCUT2D eigenvalue weighted by Gasteiger charge is 2.51. The van der Waals surface area contributed by atoms with Crippen molar-refractivity contribution in [1.29, 1.82) is 0 Å². The first-order valence-electron chi connectivity index (χ1n) is 15.7. The number of benzene rings is 2. The van der Waals surface area contributed by atoms with E-state index >= 15 is 0 Å². The number of fused-ring (bicyclic) bond motifs is 5. The van der Waals surface area contributed by atoms with Gasteiger partial charge in [0.25, 0.3) is 11.4 Å². The summed E-state index contributed by atoms with van der Waals surface area (Å²) in [4.78, 5) is 33.9. The maximum absolute atomic E-state index is 12.9. The smallest absolute Gasteiger partial charge is 0.338 e. The number of ether oxygens (including phenoxy) is 1. The molecule has 3 aliphatic carbocycles. The normalized spacial score (nSPS) is 26.1. The highest BCUT2D eigenvalue weighted by Crippen LogP contribution is 2.61. The highest BCUT2D eigenvalue weighted by molar-refractivity contribution is 5.91. The highest BCUT2D eigenvalue weighted by atomic mass is 16.6. The predicted molar refractivity (Wildman–Crippen MR) is 162 cm³/mol. The molecule has 8 heteroatoms. The first kappa shape index (κ1) is 30.2. The van der Waals surface area contributed by atoms with Gasteiger partial charge in [-0.25, -0.2) is 4.79 Å². The molecule has 0 aromatic heterocycles. The zero-order valence-electron chi connectivity index (χ0n) is 25.6. The van der Waals surface area contributed by atoms with Crippen LogP contribution >= 0.6 is 0 Å². The Kier molecular flexibility index (Phi) is 8.46. The Bertz CT molecular complexity index is 1350. The Balaban J connectivity index is 1.29. The number of non-ortho nitro benzene ring substituents is 2. The summed E-state index contributed by atoms with van der Waals surface area (Å²) in [5.41, 5.74) is 4.83. The van der Waals surface area contributed by atoms with Gasteiger partial charge in [0.15, 0.2) is 0 Å². The first-order valence-corrected chi connectivity index (χ1v) is 15.7. The van der Waals surface area contributed by atoms with Gasteiger partial charge in [-0.1, -0.05) is 59.6 Å². The summed E-state index contributed by atoms with van der Waals surface area (Å²) in [7, 11) is 0. The van der Waals surface area contributed by atoms with Crippen molar-refractivity contribution in [1.82, 2.24) is 0 Å². The second kappa shape index (κ2) is 11.8. The summed E-state index contributed by atoms with van der Waals surface area (Å²) < 4.78 is 5.74. The molecule has 0 radical (unpaired) electrons. The van der Waals surface area contributed by atoms with Gasteiger partial charge < -0.3 is 4.74 Å². The first-order chi connectivity index (χ1) is 19.9. The lowest BCUT2D eigenvalue weighted by atomic mass is 9.59. The van der Waals surface area contributed by atoms with Crippen LogP contribution in [0.3, 0.4) is 0 Å². The van der Waals surface area contributed by atoms with Crippen LogP contribution in [0, 0.1) is 49.3 Å². The molecule has 6 atom stereocenters. The molecule has 1 saturated carbocycles. The van der Waals surface area contributed by atoms with Crippen molar-refractivity contribution in [2.24, 2.45) is 29.1 Å². The van der Waals surface area contributed by atoms with Crippen LogP contribution in [-0.2, 0) is 24.0 Å². The molecule has 8 nitrogen and oxygen atoms in total. The van der Waals surface area contributed by atoms with Crippen molar-refractivity contribution in [2.75, 3.05) is 0 Å². The molecule has 0 bridgehead atoms. The van der Waals surface area contributed by atoms with E-state index in [1.807, 2.05) is 0 Å². The Morgan fingerprint density at radius 2 is 1.64 bits per heavy atom. The molecule has 2 aromatic rings. The molecule has 2 aromatic carbocycles. The van der Waals surface area contributed by atoms with Gasteiger partial charge in [0.2, 0.25) is 0 Å². The molecular weight excluding hydrogens is 532 g/mol. The minimum absolute atomic E-state index is 0.171. The van der Waals surface area contributed by atoms with Gasteiger partial charge in [-0.3, -0.25) is 20.2 Å². The number of nitro groups is 2. The summed E-state index contributed by atoms with van der Waals surface area (Å²) in [5, 5.41) is 22.5. The van der Waals surface area contributed by atoms with E-state index in [1.165, 1.54) is 54.4 Å². The fourth-order valence-electron chi connectivity index (χ4n) is 8.30. The SMILES string of the molecule is CC(C)[C@@H](C)CC[C@@H](C)[C@@H]1CC[C@@H]2c3ccc4c(c3CC[C@]21C)CC[C@@H](OC(=O)c1cc([N+](=O)[O-])cc([N+](=O)[O-])c1)C4. The van der Waals surface area contributed by atoms with Gasteiger partial charge in [-0.05, 0) is 95.8 Å². The standard InChI is InChI=1S/C34H44N2O6/c1-20(2)21(3)6-7-22(4)31-12-13-32-30-10-8-23-18-27(9-11-28(23)29(30)14-15-34(31,32)5)42-33(37)24-16-25(35(38)39)19-26(17-24)36(40)41/h8,10,16-17,19-22,27,31-32H,6-7,9,11-15,18H2,1-5H3/t21-,22+,27+,31-,32+,34-/m0/s1. The van der Waals surface area contributed by atoms with Crippen molar-refractivity contribution >= 4 is 17.3 Å². The third-order valence-corrected chi connectivity index (χ3v) is 11.2. The molecule has 1 fully saturated rings. The van der Waals surface area contributed by atoms with Crippen LogP contribution in [0.2, 0.25) is 0 Å². The molecule has 226 valence electrons. The summed E-state index contributed by atoms with van der Waals surface area (Å²) >= 11 is 0. The zero-order valence-corrected chi connectivity index (χ0v) is 25.6. The Hall–Kier alpha value is -3.29. The van der Waals surface area contributed by atoms with Crippen LogP contribution in [0.4, 0.5) is 11.4 Å². The largest absolute Gasteiger partial charge is 0.458 e. The summed E-state index contributed by atoms with van der Waals surface area (Å²) in [6.07, 6.45) is 9.20. The fourth-order valence-corrected chi connectivity index (χ4v) is 8.30. The molecule has 3 aliphatic rings. The number of esters is 1. The number of nitrogens with zero attached hydrogens (tertiary/aromatic N) is 2. The van der Waals surface area contributed by atoms with Gasteiger partial charge in [0.05, 0.1) is 21.5 Å². The van der Waals surface area contributed by atoms with Crippen LogP contribution in [0.1, 0.15) is 112 Å². The molecule has 5 rings (SSSR count). The fraction of sp³-hybridized carbons (Fsp3) is 0.618. The van der Waals surface area contributed by atoms with E-state index in [4.69, 9.17) is 4.74 Å². The second-order valence-corrected chi connectivity index (χ2v) is 13.8. The number of carbonyl (C=O) groups is 1. The zero-order chi connectivity index (χ0) is 30.3. The van der Waals surface area contributed by atoms with E-state index in [9.17, 15) is 25.0 Å². The monoisotopic (exact) mass is 576 g/mol. The van der Waals surface area contributed by atoms with Gasteiger partial charge >= 0.3 is 5.97 Å². The minimum Gasteiger partial charge on any atom is -0.458 e. The molecule has 0 N–H and O–H groups in total. The minimum atomic E-state index is -0.766. The Morgan fingerprint density at radius 1 is 0.952 bits per heavy atom. The predicted octanol–water partition coefficient (Wildman–Crippen LogP) is 8.37. The maximum Gasteiger partial charge on any atom is 0.338 e. The quantitative estimate of drug-likeness (QED) is 0.168. The van der Waals surface area contributed by atoms with Crippen LogP contribution in [0.15, 0.2) is 30.3 Å². The molecule has 0 amide bonds. The van der Waals surface area contributed by atoms with E-state index in [0.717, 1.165) is 54.7 Å². The molecule has 0 heterocycles. The number of rotatable bonds is 9. The van der Waals surface area contributed by atoms with Crippen molar-refractivity contribution in [2.45, 2.75) is 104 Å². The molecule has 0 aliphatic heterocycles. The van der Waals surface area contributed by atoms with Crippen molar-refractivity contribution in [3.05, 3.63) is 78.4 Å². The lowest BCUT2D eigenvalue weighted by molar-refractivity contribution is -0.394. The van der Waals surface area contributed by atoms with Gasteiger partial charge in [-0.15, -0.1) is 0 Å². The number of nitro benzene ring substituents is 2. The average Bonchev–Trinajstić information content (AvgIpc) is 3.32. The summed E-state index contributed by atoms with van der Waals surface area (Å²) in [6.45, 7) is 12.1. The molecular formula is C34H44N2O6. The van der Waals surface area contributed by atoms with E-state index in [0.29, 0.717) is 24.2 Å². The van der Waals surface area contributed by atoms with Crippen LogP contribution < -0.4 is 0 Å². The van der Waals surface area contributed by atoms with Crippen LogP contribution in [0.5, 0.6) is 0 Å². The summed E-state index contributed by atoms with van der Waals surface area (Å²) in [6, 6.07) is 7.49. The van der Waals surface area contributed by atoms with Crippen LogP contribution in [-0.4, -0.2) is 21.9 Å². The van der Waals surface area contributed by atoms with E-state index < -0.39 is 27.2 Å². The third-order valence-electron chi connectivity index (χ3n) is 11.2. The summed E-state index contributed by atoms with van der Waals surface area (Å²) in [5.74, 6) is 2.84. The molecule has 0 saturated heterocycles. The topological polar surface area (TPSA) is 113 Å². The van der Waals surface area contributed by atoms with E-state index in [-0.39, 0.29) is 11.7 Å². The lowest BCUT2D eigenvalue weighted by Crippen LogP contribution is -2.36. The van der Waals surface area contributed by atoms with Crippen LogP contribution in [0.25, 0.3) is 0 Å².